The summed E-state index contributed by atoms with van der Waals surface area (Å²) in [5, 5.41) is 3.83. The van der Waals surface area contributed by atoms with E-state index in [2.05, 4.69) is 97.0 Å². The minimum absolute atomic E-state index is 0.852. The molecule has 132 valence electrons. The monoisotopic (exact) mass is 368 g/mol. The summed E-state index contributed by atoms with van der Waals surface area (Å²) in [5.41, 5.74) is 0. The Labute approximate surface area is 160 Å². The van der Waals surface area contributed by atoms with E-state index in [1.807, 2.05) is 30.3 Å². The minimum Gasteiger partial charge on any atom is -0.464 e. The van der Waals surface area contributed by atoms with Gasteiger partial charge in [-0.2, -0.15) is 0 Å². The molecule has 0 aromatic heterocycles. The van der Waals surface area contributed by atoms with Gasteiger partial charge in [0.2, 0.25) is 0 Å². The molecule has 4 aromatic rings. The van der Waals surface area contributed by atoms with Crippen LogP contribution in [0.2, 0.25) is 0 Å². The summed E-state index contributed by atoms with van der Waals surface area (Å²) in [6.07, 6.45) is 0. The van der Waals surface area contributed by atoms with Crippen molar-refractivity contribution in [3.8, 4) is 5.75 Å². The molecule has 2 heteroatoms. The Bertz CT molecular complexity index is 923. The second-order valence-corrected chi connectivity index (χ2v) is 9.47. The van der Waals surface area contributed by atoms with Gasteiger partial charge in [0.1, 0.15) is 5.75 Å². The van der Waals surface area contributed by atoms with Crippen LogP contribution in [0.3, 0.4) is 0 Å². The number of rotatable bonds is 5. The normalized spacial score (nSPS) is 11.0. The van der Waals surface area contributed by atoms with E-state index < -0.39 is 6.89 Å². The van der Waals surface area contributed by atoms with Crippen molar-refractivity contribution in [2.24, 2.45) is 0 Å². The van der Waals surface area contributed by atoms with Crippen LogP contribution in [0.5, 0.6) is 5.75 Å². The van der Waals surface area contributed by atoms with E-state index in [1.54, 1.807) is 0 Å². The predicted molar refractivity (Wildman–Crippen MR) is 118 cm³/mol. The van der Waals surface area contributed by atoms with E-state index in [0.717, 1.165) is 5.75 Å². The number of hydrogen-bond acceptors (Lipinski definition) is 1. The highest BCUT2D eigenvalue weighted by Crippen LogP contribution is 2.43. The van der Waals surface area contributed by atoms with Crippen LogP contribution in [0.1, 0.15) is 0 Å². The van der Waals surface area contributed by atoms with Crippen LogP contribution in [0.4, 0.5) is 0 Å². The van der Waals surface area contributed by atoms with Crippen LogP contribution in [0.25, 0.3) is 0 Å². The SMILES string of the molecule is C(Oc1ccccc1)=P(c1ccccc1)(c1ccccc1)c1ccccc1. The molecule has 0 unspecified atom stereocenters. The van der Waals surface area contributed by atoms with Gasteiger partial charge in [-0.25, -0.2) is 0 Å². The third-order valence-electron chi connectivity index (χ3n) is 4.58. The molecule has 0 heterocycles. The van der Waals surface area contributed by atoms with E-state index in [4.69, 9.17) is 4.74 Å². The van der Waals surface area contributed by atoms with Gasteiger partial charge in [0.15, 0.2) is 0 Å². The maximum atomic E-state index is 6.26. The number of benzene rings is 4. The first kappa shape index (κ1) is 17.4. The largest absolute Gasteiger partial charge is 0.464 e. The third kappa shape index (κ3) is 3.60. The van der Waals surface area contributed by atoms with Gasteiger partial charge >= 0.3 is 0 Å². The zero-order chi connectivity index (χ0) is 18.4. The molecule has 0 aliphatic carbocycles. The Hall–Kier alpha value is -3.02. The van der Waals surface area contributed by atoms with E-state index in [-0.39, 0.29) is 0 Å². The number of hydrogen-bond donors (Lipinski definition) is 0. The molecule has 0 saturated heterocycles. The molecule has 1 nitrogen and oxygen atoms in total. The van der Waals surface area contributed by atoms with Gasteiger partial charge in [0, 0.05) is 6.89 Å². The van der Waals surface area contributed by atoms with Crippen molar-refractivity contribution in [1.29, 1.82) is 0 Å². The topological polar surface area (TPSA) is 9.23 Å². The minimum atomic E-state index is -2.07. The van der Waals surface area contributed by atoms with Gasteiger partial charge < -0.3 is 4.74 Å². The van der Waals surface area contributed by atoms with Crippen LogP contribution in [0, 0.1) is 0 Å². The summed E-state index contributed by atoms with van der Waals surface area (Å²) in [5.74, 6) is 2.92. The van der Waals surface area contributed by atoms with Crippen molar-refractivity contribution in [3.63, 3.8) is 0 Å². The lowest BCUT2D eigenvalue weighted by molar-refractivity contribution is 0.585. The van der Waals surface area contributed by atoms with Crippen molar-refractivity contribution >= 4 is 28.8 Å². The van der Waals surface area contributed by atoms with Crippen molar-refractivity contribution < 1.29 is 4.74 Å². The lowest BCUT2D eigenvalue weighted by atomic mass is 10.3. The van der Waals surface area contributed by atoms with Gasteiger partial charge in [0.25, 0.3) is 0 Å². The molecule has 0 aliphatic rings. The van der Waals surface area contributed by atoms with E-state index in [9.17, 15) is 0 Å². The van der Waals surface area contributed by atoms with Gasteiger partial charge in [-0.3, -0.25) is 0 Å². The summed E-state index contributed by atoms with van der Waals surface area (Å²) in [6, 6.07) is 42.0. The number of ether oxygens (including phenoxy) is 1. The van der Waals surface area contributed by atoms with Gasteiger partial charge in [0.05, 0.1) is 5.98 Å². The molecule has 4 aromatic carbocycles. The van der Waals surface area contributed by atoms with Gasteiger partial charge in [-0.05, 0) is 28.0 Å². The highest BCUT2D eigenvalue weighted by Gasteiger charge is 2.25. The maximum absolute atomic E-state index is 6.26. The molecule has 0 saturated carbocycles. The molecular formula is C25H21OP. The second-order valence-electron chi connectivity index (χ2n) is 6.27. The Morgan fingerprint density at radius 1 is 0.444 bits per heavy atom. The van der Waals surface area contributed by atoms with E-state index in [0.29, 0.717) is 0 Å². The fourth-order valence-electron chi connectivity index (χ4n) is 3.26. The second kappa shape index (κ2) is 8.12. The summed E-state index contributed by atoms with van der Waals surface area (Å²) >= 11 is 0. The zero-order valence-corrected chi connectivity index (χ0v) is 15.9. The first-order valence-electron chi connectivity index (χ1n) is 9.01. The Morgan fingerprint density at radius 2 is 0.778 bits per heavy atom. The fourth-order valence-corrected chi connectivity index (χ4v) is 6.72. The Morgan fingerprint density at radius 3 is 1.15 bits per heavy atom. The molecule has 27 heavy (non-hydrogen) atoms. The van der Waals surface area contributed by atoms with Gasteiger partial charge in [-0.15, -0.1) is 0 Å². The van der Waals surface area contributed by atoms with Crippen LogP contribution < -0.4 is 20.7 Å². The summed E-state index contributed by atoms with van der Waals surface area (Å²) in [6.45, 7) is -2.07. The highest BCUT2D eigenvalue weighted by molar-refractivity contribution is 7.94. The first-order chi connectivity index (χ1) is 13.4. The molecule has 0 bridgehead atoms. The van der Waals surface area contributed by atoms with Gasteiger partial charge in [-0.1, -0.05) is 109 Å². The third-order valence-corrected chi connectivity index (χ3v) is 8.34. The summed E-state index contributed by atoms with van der Waals surface area (Å²) in [7, 11) is 0. The lowest BCUT2D eigenvalue weighted by Gasteiger charge is -2.27. The van der Waals surface area contributed by atoms with Crippen LogP contribution >= 0.6 is 6.89 Å². The van der Waals surface area contributed by atoms with E-state index in [1.165, 1.54) is 15.9 Å². The quantitative estimate of drug-likeness (QED) is 0.459. The molecule has 4 rings (SSSR count). The molecule has 0 aliphatic heterocycles. The molecule has 0 N–H and O–H groups in total. The summed E-state index contributed by atoms with van der Waals surface area (Å²) < 4.78 is 6.26. The standard InChI is InChI=1S/C25H21OP/c1-5-13-22(14-6-1)26-21-27(23-15-7-2-8-16-23,24-17-9-3-10-18-24)25-19-11-4-12-20-25/h1-21H. The van der Waals surface area contributed by atoms with Crippen molar-refractivity contribution in [2.75, 3.05) is 0 Å². The number of para-hydroxylation sites is 1. The predicted octanol–water partition coefficient (Wildman–Crippen LogP) is 4.82. The van der Waals surface area contributed by atoms with E-state index >= 15 is 0 Å². The lowest BCUT2D eigenvalue weighted by Crippen LogP contribution is -2.28. The van der Waals surface area contributed by atoms with Crippen molar-refractivity contribution in [1.82, 2.24) is 0 Å². The Balaban J connectivity index is 2.00. The zero-order valence-electron chi connectivity index (χ0n) is 15.0. The molecule has 0 spiro atoms. The molecule has 0 fully saturated rings. The van der Waals surface area contributed by atoms with Crippen LogP contribution in [-0.4, -0.2) is 5.98 Å². The van der Waals surface area contributed by atoms with Crippen molar-refractivity contribution in [3.05, 3.63) is 121 Å². The fraction of sp³-hybridized carbons (Fsp3) is 0. The first-order valence-corrected chi connectivity index (χ1v) is 10.9. The molecule has 0 radical (unpaired) electrons. The smallest absolute Gasteiger partial charge is 0.126 e. The average Bonchev–Trinajstić information content (AvgIpc) is 2.77. The summed E-state index contributed by atoms with van der Waals surface area (Å²) in [4.78, 5) is 0. The highest BCUT2D eigenvalue weighted by atomic mass is 31.2. The average molecular weight is 368 g/mol. The van der Waals surface area contributed by atoms with Crippen LogP contribution in [0.15, 0.2) is 121 Å². The molecule has 0 atom stereocenters. The molecular weight excluding hydrogens is 347 g/mol. The maximum Gasteiger partial charge on any atom is 0.126 e. The van der Waals surface area contributed by atoms with Crippen LogP contribution in [-0.2, 0) is 0 Å². The van der Waals surface area contributed by atoms with Crippen molar-refractivity contribution in [2.45, 2.75) is 0 Å². The Kier molecular flexibility index (Phi) is 5.23. The molecule has 0 amide bonds.